The highest BCUT2D eigenvalue weighted by atomic mass is 16.6. The molecule has 0 saturated heterocycles. The normalized spacial score (nSPS) is 15.0. The maximum absolute atomic E-state index is 11.3. The van der Waals surface area contributed by atoms with E-state index in [0.29, 0.717) is 24.0 Å². The van der Waals surface area contributed by atoms with Crippen LogP contribution in [0.5, 0.6) is 0 Å². The lowest BCUT2D eigenvalue weighted by Gasteiger charge is -2.36. The third-order valence-electron chi connectivity index (χ3n) is 3.57. The number of benzene rings is 1. The van der Waals surface area contributed by atoms with E-state index in [1.165, 1.54) is 6.42 Å². The van der Waals surface area contributed by atoms with Gasteiger partial charge >= 0.3 is 5.69 Å². The Kier molecular flexibility index (Phi) is 3.69. The van der Waals surface area contributed by atoms with E-state index in [4.69, 9.17) is 0 Å². The van der Waals surface area contributed by atoms with Crippen LogP contribution in [0.25, 0.3) is 0 Å². The fourth-order valence-electron chi connectivity index (χ4n) is 2.31. The molecule has 1 N–H and O–H groups in total. The van der Waals surface area contributed by atoms with E-state index in [2.05, 4.69) is 5.32 Å². The topological polar surface area (TPSA) is 58.4 Å². The third-order valence-corrected chi connectivity index (χ3v) is 3.57. The summed E-state index contributed by atoms with van der Waals surface area (Å²) >= 11 is 0. The number of rotatable bonds is 5. The summed E-state index contributed by atoms with van der Waals surface area (Å²) in [5.41, 5.74) is 1.50. The van der Waals surface area contributed by atoms with Gasteiger partial charge in [-0.2, -0.15) is 0 Å². The summed E-state index contributed by atoms with van der Waals surface area (Å²) in [6.07, 6.45) is 3.47. The zero-order valence-corrected chi connectivity index (χ0v) is 10.8. The summed E-state index contributed by atoms with van der Waals surface area (Å²) in [5.74, 6) is 0. The Morgan fingerprint density at radius 1 is 1.50 bits per heavy atom. The minimum atomic E-state index is -0.289. The molecule has 5 nitrogen and oxygen atoms in total. The molecular weight excluding hydrogens is 230 g/mol. The van der Waals surface area contributed by atoms with Gasteiger partial charge in [0.25, 0.3) is 0 Å². The first-order chi connectivity index (χ1) is 8.65. The molecule has 0 unspecified atom stereocenters. The van der Waals surface area contributed by atoms with Crippen molar-refractivity contribution in [1.82, 2.24) is 0 Å². The Balaban J connectivity index is 2.38. The molecule has 1 aromatic carbocycles. The zero-order chi connectivity index (χ0) is 13.1. The van der Waals surface area contributed by atoms with Gasteiger partial charge in [-0.25, -0.2) is 0 Å². The van der Waals surface area contributed by atoms with Crippen LogP contribution in [-0.2, 0) is 0 Å². The molecule has 1 saturated carbocycles. The second-order valence-electron chi connectivity index (χ2n) is 4.66. The van der Waals surface area contributed by atoms with Crippen molar-refractivity contribution in [2.45, 2.75) is 32.2 Å². The van der Waals surface area contributed by atoms with Gasteiger partial charge in [0, 0.05) is 19.6 Å². The zero-order valence-electron chi connectivity index (χ0n) is 10.8. The minimum absolute atomic E-state index is 0.189. The van der Waals surface area contributed by atoms with E-state index < -0.39 is 0 Å². The largest absolute Gasteiger partial charge is 0.380 e. The predicted molar refractivity (Wildman–Crippen MR) is 73.3 cm³/mol. The Bertz CT molecular complexity index is 444. The monoisotopic (exact) mass is 249 g/mol. The van der Waals surface area contributed by atoms with Gasteiger partial charge in [-0.05, 0) is 38.3 Å². The third kappa shape index (κ3) is 2.25. The lowest BCUT2D eigenvalue weighted by molar-refractivity contribution is -0.383. The van der Waals surface area contributed by atoms with Gasteiger partial charge < -0.3 is 10.2 Å². The Morgan fingerprint density at radius 3 is 2.72 bits per heavy atom. The fraction of sp³-hybridized carbons (Fsp3) is 0.538. The van der Waals surface area contributed by atoms with Crippen molar-refractivity contribution in [1.29, 1.82) is 0 Å². The van der Waals surface area contributed by atoms with Crippen LogP contribution in [0.1, 0.15) is 26.2 Å². The van der Waals surface area contributed by atoms with Crippen molar-refractivity contribution in [2.75, 3.05) is 23.8 Å². The molecule has 0 aromatic heterocycles. The van der Waals surface area contributed by atoms with Crippen LogP contribution in [0, 0.1) is 10.1 Å². The Hall–Kier alpha value is -1.78. The number of nitro groups is 1. The average Bonchev–Trinajstić information content (AvgIpc) is 2.26. The van der Waals surface area contributed by atoms with Crippen molar-refractivity contribution in [3.63, 3.8) is 0 Å². The van der Waals surface area contributed by atoms with Crippen molar-refractivity contribution in [3.05, 3.63) is 28.3 Å². The van der Waals surface area contributed by atoms with Crippen LogP contribution in [0.15, 0.2) is 18.2 Å². The molecule has 1 aromatic rings. The summed E-state index contributed by atoms with van der Waals surface area (Å²) in [7, 11) is 1.95. The Labute approximate surface area is 107 Å². The number of anilines is 2. The van der Waals surface area contributed by atoms with Gasteiger partial charge in [0.1, 0.15) is 11.4 Å². The molecule has 0 spiro atoms. The predicted octanol–water partition coefficient (Wildman–Crippen LogP) is 3.02. The first kappa shape index (κ1) is 12.7. The molecule has 98 valence electrons. The molecule has 0 amide bonds. The van der Waals surface area contributed by atoms with Gasteiger partial charge in [0.05, 0.1) is 4.92 Å². The molecule has 0 aliphatic heterocycles. The smallest absolute Gasteiger partial charge is 0.315 e. The van der Waals surface area contributed by atoms with Gasteiger partial charge in [-0.15, -0.1) is 0 Å². The maximum atomic E-state index is 11.3. The number of hydrogen-bond acceptors (Lipinski definition) is 4. The van der Waals surface area contributed by atoms with Gasteiger partial charge in [-0.3, -0.25) is 10.1 Å². The summed E-state index contributed by atoms with van der Waals surface area (Å²) < 4.78 is 0. The molecule has 0 bridgehead atoms. The van der Waals surface area contributed by atoms with E-state index in [-0.39, 0.29) is 10.6 Å². The molecule has 18 heavy (non-hydrogen) atoms. The standard InChI is InChI=1S/C13H19N3O2/c1-3-14-11-8-5-9-12(13(11)16(17)18)15(2)10-6-4-7-10/h5,8-10,14H,3-4,6-7H2,1-2H3. The van der Waals surface area contributed by atoms with Crippen LogP contribution in [0.3, 0.4) is 0 Å². The summed E-state index contributed by atoms with van der Waals surface area (Å²) in [4.78, 5) is 13.0. The summed E-state index contributed by atoms with van der Waals surface area (Å²) in [5, 5.41) is 14.3. The van der Waals surface area contributed by atoms with E-state index in [0.717, 1.165) is 12.8 Å². The SMILES string of the molecule is CCNc1cccc(N(C)C2CCC2)c1[N+](=O)[O-]. The molecule has 0 radical (unpaired) electrons. The lowest BCUT2D eigenvalue weighted by Crippen LogP contribution is -2.37. The number of nitro benzene ring substituents is 1. The first-order valence-electron chi connectivity index (χ1n) is 6.39. The van der Waals surface area contributed by atoms with Crippen molar-refractivity contribution < 1.29 is 4.92 Å². The van der Waals surface area contributed by atoms with Gasteiger partial charge in [0.2, 0.25) is 0 Å². The van der Waals surface area contributed by atoms with E-state index in [9.17, 15) is 10.1 Å². The second kappa shape index (κ2) is 5.25. The van der Waals surface area contributed by atoms with E-state index in [1.54, 1.807) is 6.07 Å². The molecule has 1 fully saturated rings. The average molecular weight is 249 g/mol. The van der Waals surface area contributed by atoms with Crippen molar-refractivity contribution in [3.8, 4) is 0 Å². The van der Waals surface area contributed by atoms with Crippen LogP contribution in [-0.4, -0.2) is 24.6 Å². The van der Waals surface area contributed by atoms with Crippen molar-refractivity contribution >= 4 is 17.1 Å². The molecule has 2 rings (SSSR count). The number of nitrogens with zero attached hydrogens (tertiary/aromatic N) is 2. The minimum Gasteiger partial charge on any atom is -0.380 e. The quantitative estimate of drug-likeness (QED) is 0.643. The number of hydrogen-bond donors (Lipinski definition) is 1. The molecule has 1 aliphatic carbocycles. The van der Waals surface area contributed by atoms with E-state index in [1.807, 2.05) is 31.0 Å². The summed E-state index contributed by atoms with van der Waals surface area (Å²) in [6.45, 7) is 2.61. The van der Waals surface area contributed by atoms with Crippen LogP contribution < -0.4 is 10.2 Å². The van der Waals surface area contributed by atoms with E-state index >= 15 is 0 Å². The first-order valence-corrected chi connectivity index (χ1v) is 6.39. The highest BCUT2D eigenvalue weighted by molar-refractivity contribution is 5.77. The van der Waals surface area contributed by atoms with Crippen LogP contribution >= 0.6 is 0 Å². The van der Waals surface area contributed by atoms with Crippen LogP contribution in [0.4, 0.5) is 17.1 Å². The molecule has 5 heteroatoms. The van der Waals surface area contributed by atoms with Crippen LogP contribution in [0.2, 0.25) is 0 Å². The van der Waals surface area contributed by atoms with Gasteiger partial charge in [-0.1, -0.05) is 6.07 Å². The van der Waals surface area contributed by atoms with Crippen molar-refractivity contribution in [2.24, 2.45) is 0 Å². The molecular formula is C13H19N3O2. The molecule has 0 atom stereocenters. The second-order valence-corrected chi connectivity index (χ2v) is 4.66. The summed E-state index contributed by atoms with van der Waals surface area (Å²) in [6, 6.07) is 5.91. The van der Waals surface area contributed by atoms with Gasteiger partial charge in [0.15, 0.2) is 0 Å². The molecule has 0 heterocycles. The highest BCUT2D eigenvalue weighted by Crippen LogP contribution is 2.38. The Morgan fingerprint density at radius 2 is 2.22 bits per heavy atom. The number of para-hydroxylation sites is 1. The maximum Gasteiger partial charge on any atom is 0.315 e. The molecule has 1 aliphatic rings. The fourth-order valence-corrected chi connectivity index (χ4v) is 2.31. The highest BCUT2D eigenvalue weighted by Gasteiger charge is 2.28. The number of nitrogens with one attached hydrogen (secondary N) is 1. The lowest BCUT2D eigenvalue weighted by atomic mass is 9.91.